The Morgan fingerprint density at radius 2 is 2.38 bits per heavy atom. The Balaban J connectivity index is 2.10. The predicted molar refractivity (Wildman–Crippen MR) is 59.6 cm³/mol. The Kier molecular flexibility index (Phi) is 2.83. The first-order valence-electron chi connectivity index (χ1n) is 4.88. The number of nitrogens with one attached hydrogen (secondary N) is 2. The number of aromatic nitrogens is 3. The molecule has 2 N–H and O–H groups in total. The summed E-state index contributed by atoms with van der Waals surface area (Å²) in [6.07, 6.45) is 3.37. The predicted octanol–water partition coefficient (Wildman–Crippen LogP) is 1.60. The van der Waals surface area contributed by atoms with Gasteiger partial charge in [0.05, 0.1) is 30.2 Å². The average molecular weight is 213 g/mol. The van der Waals surface area contributed by atoms with Crippen LogP contribution in [0.25, 0.3) is 0 Å². The van der Waals surface area contributed by atoms with E-state index >= 15 is 0 Å². The minimum Gasteiger partial charge on any atom is -0.364 e. The number of rotatable bonds is 3. The van der Waals surface area contributed by atoms with Crippen molar-refractivity contribution in [2.24, 2.45) is 0 Å². The highest BCUT2D eigenvalue weighted by molar-refractivity contribution is 5.44. The Bertz CT molecular complexity index is 510. The zero-order valence-electron chi connectivity index (χ0n) is 8.86. The third-order valence-electron chi connectivity index (χ3n) is 2.10. The van der Waals surface area contributed by atoms with Gasteiger partial charge in [0, 0.05) is 11.9 Å². The first-order valence-corrected chi connectivity index (χ1v) is 4.88. The van der Waals surface area contributed by atoms with Crippen LogP contribution in [0.3, 0.4) is 0 Å². The summed E-state index contributed by atoms with van der Waals surface area (Å²) in [7, 11) is 0. The number of imidazole rings is 1. The second kappa shape index (κ2) is 4.45. The lowest BCUT2D eigenvalue weighted by molar-refractivity contribution is 1.04. The second-order valence-electron chi connectivity index (χ2n) is 3.42. The molecule has 0 fully saturated rings. The molecular formula is C11H11N5. The monoisotopic (exact) mass is 213 g/mol. The number of aryl methyl sites for hydroxylation is 1. The first-order chi connectivity index (χ1) is 7.78. The van der Waals surface area contributed by atoms with E-state index in [0.717, 1.165) is 11.4 Å². The van der Waals surface area contributed by atoms with Gasteiger partial charge in [-0.05, 0) is 19.1 Å². The van der Waals surface area contributed by atoms with Crippen molar-refractivity contribution in [2.45, 2.75) is 13.5 Å². The van der Waals surface area contributed by atoms with Crippen LogP contribution in [0, 0.1) is 18.3 Å². The topological polar surface area (TPSA) is 77.4 Å². The largest absolute Gasteiger partial charge is 0.364 e. The van der Waals surface area contributed by atoms with Crippen molar-refractivity contribution >= 4 is 5.82 Å². The molecule has 0 bridgehead atoms. The molecule has 0 aromatic carbocycles. The highest BCUT2D eigenvalue weighted by Gasteiger charge is 2.00. The highest BCUT2D eigenvalue weighted by Crippen LogP contribution is 2.10. The quantitative estimate of drug-likeness (QED) is 0.811. The molecule has 2 heterocycles. The maximum absolute atomic E-state index is 8.82. The van der Waals surface area contributed by atoms with Gasteiger partial charge < -0.3 is 10.3 Å². The molecule has 0 saturated heterocycles. The lowest BCUT2D eigenvalue weighted by atomic mass is 10.2. The summed E-state index contributed by atoms with van der Waals surface area (Å²) >= 11 is 0. The van der Waals surface area contributed by atoms with Crippen molar-refractivity contribution in [3.05, 3.63) is 41.6 Å². The number of nitriles is 1. The van der Waals surface area contributed by atoms with Crippen LogP contribution in [0.15, 0.2) is 24.7 Å². The number of H-pyrrole nitrogens is 1. The van der Waals surface area contributed by atoms with E-state index in [-0.39, 0.29) is 0 Å². The van der Waals surface area contributed by atoms with Gasteiger partial charge >= 0.3 is 0 Å². The molecule has 5 heteroatoms. The van der Waals surface area contributed by atoms with Crippen molar-refractivity contribution in [1.82, 2.24) is 15.0 Å². The van der Waals surface area contributed by atoms with Gasteiger partial charge in [0.1, 0.15) is 5.82 Å². The average Bonchev–Trinajstić information content (AvgIpc) is 2.78. The van der Waals surface area contributed by atoms with Crippen LogP contribution in [-0.2, 0) is 6.54 Å². The third kappa shape index (κ3) is 2.36. The molecule has 0 aliphatic heterocycles. The molecule has 2 rings (SSSR count). The van der Waals surface area contributed by atoms with E-state index in [1.165, 1.54) is 0 Å². The van der Waals surface area contributed by atoms with Gasteiger partial charge in [0.15, 0.2) is 0 Å². The van der Waals surface area contributed by atoms with E-state index in [1.54, 1.807) is 24.7 Å². The maximum Gasteiger partial charge on any atom is 0.127 e. The van der Waals surface area contributed by atoms with Crippen molar-refractivity contribution in [3.63, 3.8) is 0 Å². The Morgan fingerprint density at radius 1 is 1.50 bits per heavy atom. The van der Waals surface area contributed by atoms with Crippen LogP contribution in [0.4, 0.5) is 5.82 Å². The SMILES string of the molecule is Cc1cc(C#N)cc(NCc2cnc[nH]2)n1. The molecule has 2 aromatic rings. The van der Waals surface area contributed by atoms with Gasteiger partial charge in [0.25, 0.3) is 0 Å². The van der Waals surface area contributed by atoms with Gasteiger partial charge in [0.2, 0.25) is 0 Å². The fraction of sp³-hybridized carbons (Fsp3) is 0.182. The lowest BCUT2D eigenvalue weighted by Gasteiger charge is -2.05. The van der Waals surface area contributed by atoms with E-state index in [9.17, 15) is 0 Å². The second-order valence-corrected chi connectivity index (χ2v) is 3.42. The zero-order valence-corrected chi connectivity index (χ0v) is 8.86. The smallest absolute Gasteiger partial charge is 0.127 e. The molecule has 2 aromatic heterocycles. The molecule has 0 aliphatic carbocycles. The summed E-state index contributed by atoms with van der Waals surface area (Å²) in [5, 5.41) is 11.9. The molecule has 0 spiro atoms. The highest BCUT2D eigenvalue weighted by atomic mass is 15.0. The van der Waals surface area contributed by atoms with Crippen LogP contribution >= 0.6 is 0 Å². The molecule has 0 amide bonds. The summed E-state index contributed by atoms with van der Waals surface area (Å²) in [5.41, 5.74) is 2.41. The fourth-order valence-electron chi connectivity index (χ4n) is 1.39. The number of aromatic amines is 1. The molecule has 0 atom stereocenters. The van der Waals surface area contributed by atoms with Gasteiger partial charge in [-0.25, -0.2) is 9.97 Å². The molecule has 0 unspecified atom stereocenters. The number of anilines is 1. The van der Waals surface area contributed by atoms with E-state index < -0.39 is 0 Å². The zero-order chi connectivity index (χ0) is 11.4. The van der Waals surface area contributed by atoms with E-state index in [0.29, 0.717) is 17.9 Å². The third-order valence-corrected chi connectivity index (χ3v) is 2.10. The fourth-order valence-corrected chi connectivity index (χ4v) is 1.39. The molecule has 16 heavy (non-hydrogen) atoms. The van der Waals surface area contributed by atoms with Crippen molar-refractivity contribution in [2.75, 3.05) is 5.32 Å². The molecule has 0 radical (unpaired) electrons. The van der Waals surface area contributed by atoms with E-state index in [4.69, 9.17) is 5.26 Å². The van der Waals surface area contributed by atoms with E-state index in [1.807, 2.05) is 6.92 Å². The first kappa shape index (κ1) is 10.2. The summed E-state index contributed by atoms with van der Waals surface area (Å²) < 4.78 is 0. The minimum atomic E-state index is 0.611. The molecular weight excluding hydrogens is 202 g/mol. The summed E-state index contributed by atoms with van der Waals surface area (Å²) in [6, 6.07) is 5.58. The number of hydrogen-bond acceptors (Lipinski definition) is 4. The molecule has 80 valence electrons. The van der Waals surface area contributed by atoms with Crippen LogP contribution in [-0.4, -0.2) is 15.0 Å². The Morgan fingerprint density at radius 3 is 3.06 bits per heavy atom. The normalized spacial score (nSPS) is 9.75. The molecule has 0 aliphatic rings. The standard InChI is InChI=1S/C11H11N5/c1-8-2-9(4-12)3-11(16-8)14-6-10-5-13-7-15-10/h2-3,5,7H,6H2,1H3,(H,13,15)(H,14,16). The van der Waals surface area contributed by atoms with E-state index in [2.05, 4.69) is 26.3 Å². The lowest BCUT2D eigenvalue weighted by Crippen LogP contribution is -2.02. The Labute approximate surface area is 93.2 Å². The number of hydrogen-bond donors (Lipinski definition) is 2. The van der Waals surface area contributed by atoms with Crippen LogP contribution in [0.2, 0.25) is 0 Å². The summed E-state index contributed by atoms with van der Waals surface area (Å²) in [5.74, 6) is 0.700. The van der Waals surface area contributed by atoms with Gasteiger partial charge in [-0.3, -0.25) is 0 Å². The van der Waals surface area contributed by atoms with Crippen LogP contribution in [0.5, 0.6) is 0 Å². The minimum absolute atomic E-state index is 0.611. The number of pyridine rings is 1. The van der Waals surface area contributed by atoms with Crippen LogP contribution < -0.4 is 5.32 Å². The van der Waals surface area contributed by atoms with Gasteiger partial charge in [-0.15, -0.1) is 0 Å². The Hall–Kier alpha value is -2.35. The van der Waals surface area contributed by atoms with Crippen LogP contribution in [0.1, 0.15) is 17.0 Å². The van der Waals surface area contributed by atoms with Gasteiger partial charge in [-0.1, -0.05) is 0 Å². The maximum atomic E-state index is 8.82. The van der Waals surface area contributed by atoms with Crippen molar-refractivity contribution in [1.29, 1.82) is 5.26 Å². The molecule has 5 nitrogen and oxygen atoms in total. The number of nitrogens with zero attached hydrogens (tertiary/aromatic N) is 3. The summed E-state index contributed by atoms with van der Waals surface area (Å²) in [6.45, 7) is 2.48. The van der Waals surface area contributed by atoms with Gasteiger partial charge in [-0.2, -0.15) is 5.26 Å². The van der Waals surface area contributed by atoms with Crippen molar-refractivity contribution in [3.8, 4) is 6.07 Å². The summed E-state index contributed by atoms with van der Waals surface area (Å²) in [4.78, 5) is 11.2. The molecule has 0 saturated carbocycles. The van der Waals surface area contributed by atoms with Crippen molar-refractivity contribution < 1.29 is 0 Å².